The van der Waals surface area contributed by atoms with Crippen LogP contribution >= 0.6 is 0 Å². The molecule has 0 aliphatic carbocycles. The average molecular weight is 292 g/mol. The van der Waals surface area contributed by atoms with E-state index in [1.807, 2.05) is 32.3 Å². The van der Waals surface area contributed by atoms with Gasteiger partial charge in [0, 0.05) is 30.5 Å². The van der Waals surface area contributed by atoms with Crippen molar-refractivity contribution in [2.75, 3.05) is 34.3 Å². The van der Waals surface area contributed by atoms with Gasteiger partial charge in [0.2, 0.25) is 5.91 Å². The summed E-state index contributed by atoms with van der Waals surface area (Å²) < 4.78 is 5.45. The number of carbonyl (C=O) groups is 1. The van der Waals surface area contributed by atoms with Crippen molar-refractivity contribution >= 4 is 5.91 Å². The van der Waals surface area contributed by atoms with E-state index in [2.05, 4.69) is 30.1 Å². The molecule has 1 rings (SSSR count). The molecule has 0 bridgehead atoms. The molecule has 0 unspecified atom stereocenters. The summed E-state index contributed by atoms with van der Waals surface area (Å²) in [5.74, 6) is 0.940. The van der Waals surface area contributed by atoms with Crippen molar-refractivity contribution in [3.8, 4) is 5.75 Å². The van der Waals surface area contributed by atoms with E-state index in [-0.39, 0.29) is 11.3 Å². The van der Waals surface area contributed by atoms with Crippen molar-refractivity contribution in [1.82, 2.24) is 10.2 Å². The van der Waals surface area contributed by atoms with E-state index in [1.54, 1.807) is 7.11 Å². The van der Waals surface area contributed by atoms with Crippen molar-refractivity contribution in [2.24, 2.45) is 0 Å². The van der Waals surface area contributed by atoms with Crippen molar-refractivity contribution in [3.05, 3.63) is 29.8 Å². The van der Waals surface area contributed by atoms with Gasteiger partial charge in [0.1, 0.15) is 5.75 Å². The lowest BCUT2D eigenvalue weighted by Gasteiger charge is -2.30. The van der Waals surface area contributed by atoms with Gasteiger partial charge in [0.15, 0.2) is 0 Å². The lowest BCUT2D eigenvalue weighted by atomic mass is 9.76. The molecular formula is C17H28N2O2. The van der Waals surface area contributed by atoms with Crippen molar-refractivity contribution in [1.29, 1.82) is 0 Å². The molecular weight excluding hydrogens is 264 g/mol. The lowest BCUT2D eigenvalue weighted by Crippen LogP contribution is -2.36. The van der Waals surface area contributed by atoms with Crippen LogP contribution < -0.4 is 10.1 Å². The minimum absolute atomic E-state index is 0.0899. The van der Waals surface area contributed by atoms with Gasteiger partial charge in [-0.2, -0.15) is 0 Å². The Morgan fingerprint density at radius 3 is 2.57 bits per heavy atom. The van der Waals surface area contributed by atoms with Gasteiger partial charge in [-0.05, 0) is 26.6 Å². The van der Waals surface area contributed by atoms with Crippen LogP contribution in [-0.2, 0) is 10.2 Å². The van der Waals surface area contributed by atoms with E-state index < -0.39 is 0 Å². The second-order valence-corrected chi connectivity index (χ2v) is 5.94. The standard InChI is InChI=1S/C17H28N2O2/c1-6-17(2,13-16(20)18-11-12-19(3)4)14-9-7-8-10-15(14)21-5/h7-10H,6,11-13H2,1-5H3,(H,18,20)/t17-/m0/s1. The summed E-state index contributed by atoms with van der Waals surface area (Å²) in [6.07, 6.45) is 1.35. The fourth-order valence-corrected chi connectivity index (χ4v) is 2.39. The fraction of sp³-hybridized carbons (Fsp3) is 0.588. The number of hydrogen-bond acceptors (Lipinski definition) is 3. The molecule has 1 aromatic rings. The molecule has 1 N–H and O–H groups in total. The molecule has 0 heterocycles. The smallest absolute Gasteiger partial charge is 0.220 e. The first-order chi connectivity index (χ1) is 9.92. The van der Waals surface area contributed by atoms with Gasteiger partial charge in [-0.1, -0.05) is 32.0 Å². The summed E-state index contributed by atoms with van der Waals surface area (Å²) >= 11 is 0. The Hall–Kier alpha value is -1.55. The van der Waals surface area contributed by atoms with Crippen LogP contribution in [0.4, 0.5) is 0 Å². The number of hydrogen-bond donors (Lipinski definition) is 1. The maximum absolute atomic E-state index is 12.2. The molecule has 0 aliphatic rings. The summed E-state index contributed by atoms with van der Waals surface area (Å²) in [5.41, 5.74) is 0.882. The number of likely N-dealkylation sites (N-methyl/N-ethyl adjacent to an activating group) is 1. The summed E-state index contributed by atoms with van der Waals surface area (Å²) in [7, 11) is 5.67. The first-order valence-corrected chi connectivity index (χ1v) is 7.48. The predicted octanol–water partition coefficient (Wildman–Crippen LogP) is 2.43. The topological polar surface area (TPSA) is 41.6 Å². The SMILES string of the molecule is CC[C@@](C)(CC(=O)NCCN(C)C)c1ccccc1OC. The monoisotopic (exact) mass is 292 g/mol. The zero-order chi connectivity index (χ0) is 15.9. The van der Waals surface area contributed by atoms with Crippen molar-refractivity contribution in [3.63, 3.8) is 0 Å². The largest absolute Gasteiger partial charge is 0.496 e. The number of carbonyl (C=O) groups excluding carboxylic acids is 1. The number of benzene rings is 1. The highest BCUT2D eigenvalue weighted by atomic mass is 16.5. The maximum Gasteiger partial charge on any atom is 0.220 e. The summed E-state index contributed by atoms with van der Waals surface area (Å²) in [6, 6.07) is 7.95. The zero-order valence-corrected chi connectivity index (χ0v) is 13.9. The summed E-state index contributed by atoms with van der Waals surface area (Å²) in [6.45, 7) is 5.76. The second kappa shape index (κ2) is 8.03. The molecule has 1 amide bonds. The van der Waals surface area contributed by atoms with Gasteiger partial charge < -0.3 is 15.0 Å². The van der Waals surface area contributed by atoms with Crippen LogP contribution in [0.1, 0.15) is 32.3 Å². The van der Waals surface area contributed by atoms with Crippen LogP contribution in [0.5, 0.6) is 5.75 Å². The molecule has 0 fully saturated rings. The number of nitrogens with one attached hydrogen (secondary N) is 1. The highest BCUT2D eigenvalue weighted by Crippen LogP contribution is 2.37. The summed E-state index contributed by atoms with van der Waals surface area (Å²) in [5, 5.41) is 2.99. The third-order valence-corrected chi connectivity index (χ3v) is 3.97. The zero-order valence-electron chi connectivity index (χ0n) is 13.9. The number of rotatable bonds is 8. The average Bonchev–Trinajstić information content (AvgIpc) is 2.46. The Morgan fingerprint density at radius 1 is 1.33 bits per heavy atom. The third-order valence-electron chi connectivity index (χ3n) is 3.97. The minimum Gasteiger partial charge on any atom is -0.496 e. The van der Waals surface area contributed by atoms with E-state index in [9.17, 15) is 4.79 Å². The maximum atomic E-state index is 12.2. The van der Waals surface area contributed by atoms with Gasteiger partial charge in [-0.15, -0.1) is 0 Å². The van der Waals surface area contributed by atoms with Crippen LogP contribution in [0.3, 0.4) is 0 Å². The van der Waals surface area contributed by atoms with E-state index in [0.29, 0.717) is 13.0 Å². The Kier molecular flexibility index (Phi) is 6.69. The first-order valence-electron chi connectivity index (χ1n) is 7.48. The Balaban J connectivity index is 2.78. The van der Waals surface area contributed by atoms with Crippen LogP contribution in [0.25, 0.3) is 0 Å². The Bertz CT molecular complexity index is 460. The van der Waals surface area contributed by atoms with Crippen LogP contribution in [-0.4, -0.2) is 45.1 Å². The third kappa shape index (κ3) is 5.05. The first kappa shape index (κ1) is 17.5. The van der Waals surface area contributed by atoms with E-state index in [1.165, 1.54) is 0 Å². The lowest BCUT2D eigenvalue weighted by molar-refractivity contribution is -0.122. The number of nitrogens with zero attached hydrogens (tertiary/aromatic N) is 1. The number of para-hydroxylation sites is 1. The second-order valence-electron chi connectivity index (χ2n) is 5.94. The highest BCUT2D eigenvalue weighted by Gasteiger charge is 2.30. The molecule has 0 saturated heterocycles. The normalized spacial score (nSPS) is 13.8. The Labute approximate surface area is 128 Å². The fourth-order valence-electron chi connectivity index (χ4n) is 2.39. The molecule has 118 valence electrons. The predicted molar refractivity (Wildman–Crippen MR) is 86.8 cm³/mol. The molecule has 1 aromatic carbocycles. The van der Waals surface area contributed by atoms with Gasteiger partial charge in [-0.3, -0.25) is 4.79 Å². The number of amides is 1. The number of ether oxygens (including phenoxy) is 1. The summed E-state index contributed by atoms with van der Waals surface area (Å²) in [4.78, 5) is 14.3. The quantitative estimate of drug-likeness (QED) is 0.800. The minimum atomic E-state index is -0.213. The van der Waals surface area contributed by atoms with Crippen LogP contribution in [0.15, 0.2) is 24.3 Å². The van der Waals surface area contributed by atoms with Gasteiger partial charge >= 0.3 is 0 Å². The van der Waals surface area contributed by atoms with Gasteiger partial charge in [-0.25, -0.2) is 0 Å². The molecule has 4 heteroatoms. The Morgan fingerprint density at radius 2 is 2.00 bits per heavy atom. The molecule has 0 spiro atoms. The van der Waals surface area contributed by atoms with E-state index >= 15 is 0 Å². The van der Waals surface area contributed by atoms with E-state index in [0.717, 1.165) is 24.3 Å². The van der Waals surface area contributed by atoms with Gasteiger partial charge in [0.25, 0.3) is 0 Å². The number of methoxy groups -OCH3 is 1. The molecule has 0 aliphatic heterocycles. The van der Waals surface area contributed by atoms with Crippen LogP contribution in [0, 0.1) is 0 Å². The molecule has 0 aromatic heterocycles. The highest BCUT2D eigenvalue weighted by molar-refractivity contribution is 5.77. The molecule has 4 nitrogen and oxygen atoms in total. The molecule has 21 heavy (non-hydrogen) atoms. The van der Waals surface area contributed by atoms with Crippen LogP contribution in [0.2, 0.25) is 0 Å². The van der Waals surface area contributed by atoms with Crippen molar-refractivity contribution in [2.45, 2.75) is 32.1 Å². The molecule has 1 atom stereocenters. The molecule has 0 radical (unpaired) electrons. The van der Waals surface area contributed by atoms with Crippen molar-refractivity contribution < 1.29 is 9.53 Å². The van der Waals surface area contributed by atoms with E-state index in [4.69, 9.17) is 4.74 Å². The van der Waals surface area contributed by atoms with Gasteiger partial charge in [0.05, 0.1) is 7.11 Å². The molecule has 0 saturated carbocycles.